The maximum atomic E-state index is 12.5. The van der Waals surface area contributed by atoms with E-state index in [4.69, 9.17) is 11.6 Å². The Labute approximate surface area is 150 Å². The molecular formula is C18H20ClN3OS. The first-order valence-corrected chi connectivity index (χ1v) is 9.25. The van der Waals surface area contributed by atoms with Crippen molar-refractivity contribution >= 4 is 39.1 Å². The summed E-state index contributed by atoms with van der Waals surface area (Å²) in [5.74, 6) is -0.0146. The lowest BCUT2D eigenvalue weighted by Gasteiger charge is -2.11. The Morgan fingerprint density at radius 3 is 2.75 bits per heavy atom. The number of aryl methyl sites for hydroxylation is 1. The van der Waals surface area contributed by atoms with Crippen molar-refractivity contribution in [1.82, 2.24) is 15.1 Å². The number of hydrogen-bond donors (Lipinski definition) is 1. The van der Waals surface area contributed by atoms with Crippen LogP contribution >= 0.6 is 22.9 Å². The summed E-state index contributed by atoms with van der Waals surface area (Å²) in [6.45, 7) is 6.12. The zero-order valence-corrected chi connectivity index (χ0v) is 15.5. The molecule has 6 heteroatoms. The Bertz CT molecular complexity index is 866. The van der Waals surface area contributed by atoms with Gasteiger partial charge in [0.2, 0.25) is 0 Å². The molecule has 2 aromatic heterocycles. The van der Waals surface area contributed by atoms with Crippen LogP contribution in [0.4, 0.5) is 0 Å². The van der Waals surface area contributed by atoms with Crippen LogP contribution in [-0.2, 0) is 0 Å². The van der Waals surface area contributed by atoms with Gasteiger partial charge in [0.1, 0.15) is 4.83 Å². The minimum atomic E-state index is -0.0146. The fourth-order valence-corrected chi connectivity index (χ4v) is 3.93. The van der Waals surface area contributed by atoms with E-state index < -0.39 is 0 Å². The van der Waals surface area contributed by atoms with E-state index in [1.54, 1.807) is 0 Å². The van der Waals surface area contributed by atoms with Gasteiger partial charge in [0.25, 0.3) is 5.91 Å². The summed E-state index contributed by atoms with van der Waals surface area (Å²) in [6.07, 6.45) is 2.03. The summed E-state index contributed by atoms with van der Waals surface area (Å²) < 4.78 is 1.87. The molecule has 0 saturated carbocycles. The van der Waals surface area contributed by atoms with Crippen LogP contribution in [0.25, 0.3) is 15.9 Å². The number of benzene rings is 1. The van der Waals surface area contributed by atoms with Crippen LogP contribution in [0.1, 0.15) is 42.1 Å². The largest absolute Gasteiger partial charge is 0.349 e. The zero-order valence-electron chi connectivity index (χ0n) is 14.0. The maximum Gasteiger partial charge on any atom is 0.261 e. The van der Waals surface area contributed by atoms with Gasteiger partial charge in [0.15, 0.2) is 0 Å². The van der Waals surface area contributed by atoms with Gasteiger partial charge in [-0.2, -0.15) is 5.10 Å². The van der Waals surface area contributed by atoms with E-state index >= 15 is 0 Å². The second kappa shape index (κ2) is 6.95. The topological polar surface area (TPSA) is 46.9 Å². The molecule has 0 fully saturated rings. The van der Waals surface area contributed by atoms with Gasteiger partial charge in [-0.3, -0.25) is 4.79 Å². The van der Waals surface area contributed by atoms with Crippen LogP contribution in [0.5, 0.6) is 0 Å². The third-order valence-electron chi connectivity index (χ3n) is 3.94. The number of carbonyl (C=O) groups excluding carboxylic acids is 1. The van der Waals surface area contributed by atoms with Crippen molar-refractivity contribution in [1.29, 1.82) is 0 Å². The van der Waals surface area contributed by atoms with Crippen LogP contribution < -0.4 is 5.32 Å². The van der Waals surface area contributed by atoms with Crippen LogP contribution in [0.15, 0.2) is 30.3 Å². The van der Waals surface area contributed by atoms with Gasteiger partial charge in [-0.05, 0) is 50.6 Å². The number of nitrogens with zero attached hydrogens (tertiary/aromatic N) is 2. The summed E-state index contributed by atoms with van der Waals surface area (Å²) in [4.78, 5) is 14.1. The first kappa shape index (κ1) is 17.0. The number of halogens is 1. The third kappa shape index (κ3) is 3.32. The highest BCUT2D eigenvalue weighted by atomic mass is 35.5. The lowest BCUT2D eigenvalue weighted by atomic mass is 10.2. The van der Waals surface area contributed by atoms with E-state index in [-0.39, 0.29) is 11.9 Å². The predicted octanol–water partition coefficient (Wildman–Crippen LogP) is 4.97. The van der Waals surface area contributed by atoms with E-state index in [1.165, 1.54) is 11.3 Å². The zero-order chi connectivity index (χ0) is 17.3. The van der Waals surface area contributed by atoms with Crippen molar-refractivity contribution in [2.45, 2.75) is 39.7 Å². The summed E-state index contributed by atoms with van der Waals surface area (Å²) in [6, 6.07) is 9.65. The van der Waals surface area contributed by atoms with Crippen molar-refractivity contribution < 1.29 is 4.79 Å². The number of thiophene rings is 1. The van der Waals surface area contributed by atoms with Crippen molar-refractivity contribution in [3.8, 4) is 5.69 Å². The van der Waals surface area contributed by atoms with Gasteiger partial charge < -0.3 is 5.32 Å². The van der Waals surface area contributed by atoms with Crippen LogP contribution in [-0.4, -0.2) is 21.7 Å². The monoisotopic (exact) mass is 361 g/mol. The Kier molecular flexibility index (Phi) is 4.92. The fourth-order valence-electron chi connectivity index (χ4n) is 2.72. The third-order valence-corrected chi connectivity index (χ3v) is 5.30. The highest BCUT2D eigenvalue weighted by Gasteiger charge is 2.18. The number of carbonyl (C=O) groups is 1. The Hall–Kier alpha value is -1.85. The van der Waals surface area contributed by atoms with E-state index in [1.807, 2.05) is 48.9 Å². The summed E-state index contributed by atoms with van der Waals surface area (Å²) >= 11 is 7.43. The van der Waals surface area contributed by atoms with E-state index in [0.29, 0.717) is 5.02 Å². The quantitative estimate of drug-likeness (QED) is 0.697. The van der Waals surface area contributed by atoms with Gasteiger partial charge in [-0.15, -0.1) is 11.3 Å². The SMILES string of the molecule is CCC[C@H](C)NC(=O)c1cc2c(C)nn(-c3ccc(Cl)cc3)c2s1. The van der Waals surface area contributed by atoms with E-state index in [2.05, 4.69) is 17.3 Å². The second-order valence-corrected chi connectivity index (χ2v) is 7.43. The average Bonchev–Trinajstić information content (AvgIpc) is 3.09. The minimum Gasteiger partial charge on any atom is -0.349 e. The molecule has 0 aliphatic carbocycles. The van der Waals surface area contributed by atoms with Crippen molar-refractivity contribution in [3.63, 3.8) is 0 Å². The highest BCUT2D eigenvalue weighted by molar-refractivity contribution is 7.20. The Morgan fingerprint density at radius 2 is 2.08 bits per heavy atom. The second-order valence-electron chi connectivity index (χ2n) is 5.97. The molecule has 1 atom stereocenters. The predicted molar refractivity (Wildman–Crippen MR) is 101 cm³/mol. The van der Waals surface area contributed by atoms with Crippen molar-refractivity contribution in [2.24, 2.45) is 0 Å². The molecule has 1 N–H and O–H groups in total. The number of nitrogens with one attached hydrogen (secondary N) is 1. The number of amides is 1. The molecule has 24 heavy (non-hydrogen) atoms. The normalized spacial score (nSPS) is 12.5. The van der Waals surface area contributed by atoms with E-state index in [0.717, 1.165) is 39.3 Å². The Balaban J connectivity index is 1.95. The van der Waals surface area contributed by atoms with Crippen LogP contribution in [0, 0.1) is 6.92 Å². The average molecular weight is 362 g/mol. The molecule has 126 valence electrons. The molecular weight excluding hydrogens is 342 g/mol. The van der Waals surface area contributed by atoms with Gasteiger partial charge in [-0.25, -0.2) is 4.68 Å². The molecule has 0 radical (unpaired) electrons. The molecule has 0 spiro atoms. The molecule has 0 saturated heterocycles. The van der Waals surface area contributed by atoms with Gasteiger partial charge in [-0.1, -0.05) is 24.9 Å². The molecule has 4 nitrogen and oxygen atoms in total. The fraction of sp³-hybridized carbons (Fsp3) is 0.333. The van der Waals surface area contributed by atoms with Gasteiger partial charge in [0.05, 0.1) is 16.3 Å². The molecule has 0 unspecified atom stereocenters. The van der Waals surface area contributed by atoms with Gasteiger partial charge in [0, 0.05) is 16.5 Å². The molecule has 3 rings (SSSR count). The maximum absolute atomic E-state index is 12.5. The van der Waals surface area contributed by atoms with Crippen molar-refractivity contribution in [3.05, 3.63) is 45.9 Å². The van der Waals surface area contributed by atoms with Gasteiger partial charge >= 0.3 is 0 Å². The summed E-state index contributed by atoms with van der Waals surface area (Å²) in [5.41, 5.74) is 1.85. The first-order chi connectivity index (χ1) is 11.5. The van der Waals surface area contributed by atoms with Crippen molar-refractivity contribution in [2.75, 3.05) is 0 Å². The van der Waals surface area contributed by atoms with Crippen LogP contribution in [0.2, 0.25) is 5.02 Å². The summed E-state index contributed by atoms with van der Waals surface area (Å²) in [5, 5.41) is 9.36. The molecule has 0 aliphatic rings. The lowest BCUT2D eigenvalue weighted by molar-refractivity contribution is 0.0942. The van der Waals surface area contributed by atoms with E-state index in [9.17, 15) is 4.79 Å². The molecule has 0 bridgehead atoms. The van der Waals surface area contributed by atoms with Crippen LogP contribution in [0.3, 0.4) is 0 Å². The standard InChI is InChI=1S/C18H20ClN3OS/c1-4-5-11(2)20-17(23)16-10-15-12(3)21-22(18(15)24-16)14-8-6-13(19)7-9-14/h6-11H,4-5H2,1-3H3,(H,20,23)/t11-/m0/s1. The molecule has 0 aliphatic heterocycles. The smallest absolute Gasteiger partial charge is 0.261 e. The highest BCUT2D eigenvalue weighted by Crippen LogP contribution is 2.30. The minimum absolute atomic E-state index is 0.0146. The molecule has 3 aromatic rings. The number of aromatic nitrogens is 2. The lowest BCUT2D eigenvalue weighted by Crippen LogP contribution is -2.31. The summed E-state index contributed by atoms with van der Waals surface area (Å²) in [7, 11) is 0. The first-order valence-electron chi connectivity index (χ1n) is 8.05. The number of fused-ring (bicyclic) bond motifs is 1. The molecule has 2 heterocycles. The Morgan fingerprint density at radius 1 is 1.38 bits per heavy atom. The molecule has 1 amide bonds. The molecule has 1 aromatic carbocycles. The number of hydrogen-bond acceptors (Lipinski definition) is 3. The number of rotatable bonds is 5.